The van der Waals surface area contributed by atoms with E-state index in [0.717, 1.165) is 61.5 Å². The molecule has 1 aromatic heterocycles. The normalized spacial score (nSPS) is 21.7. The van der Waals surface area contributed by atoms with E-state index in [4.69, 9.17) is 4.42 Å². The van der Waals surface area contributed by atoms with Gasteiger partial charge >= 0.3 is 0 Å². The van der Waals surface area contributed by atoms with Crippen molar-refractivity contribution in [1.82, 2.24) is 5.32 Å². The van der Waals surface area contributed by atoms with Crippen molar-refractivity contribution in [2.45, 2.75) is 63.8 Å². The van der Waals surface area contributed by atoms with Crippen LogP contribution in [0.5, 0.6) is 0 Å². The first kappa shape index (κ1) is 26.0. The SMILES string of the molecule is O=C(CCc1ccc(-c2ccccc2)o1)N[C@@H]1CCCC[C@H]1C[C@H]1CCCN(c2ccc([N+](=O)[O-])cc2)C1. The van der Waals surface area contributed by atoms with Gasteiger partial charge in [-0.25, -0.2) is 0 Å². The smallest absolute Gasteiger partial charge is 0.269 e. The minimum Gasteiger partial charge on any atom is -0.461 e. The zero-order valence-corrected chi connectivity index (χ0v) is 21.9. The molecule has 3 atom stereocenters. The first-order valence-electron chi connectivity index (χ1n) is 14.0. The fourth-order valence-corrected chi connectivity index (χ4v) is 6.17. The van der Waals surface area contributed by atoms with Crippen LogP contribution in [0.3, 0.4) is 0 Å². The van der Waals surface area contributed by atoms with Crippen LogP contribution in [0.15, 0.2) is 71.1 Å². The lowest BCUT2D eigenvalue weighted by atomic mass is 9.77. The fourth-order valence-electron chi connectivity index (χ4n) is 6.17. The molecule has 38 heavy (non-hydrogen) atoms. The molecule has 0 bridgehead atoms. The summed E-state index contributed by atoms with van der Waals surface area (Å²) in [7, 11) is 0. The Kier molecular flexibility index (Phi) is 8.41. The lowest BCUT2D eigenvalue weighted by Gasteiger charge is -2.39. The predicted molar refractivity (Wildman–Crippen MR) is 149 cm³/mol. The molecule has 2 aromatic carbocycles. The zero-order valence-electron chi connectivity index (χ0n) is 21.9. The van der Waals surface area contributed by atoms with E-state index in [1.54, 1.807) is 12.1 Å². The molecule has 1 aliphatic heterocycles. The van der Waals surface area contributed by atoms with Crippen LogP contribution in [0, 0.1) is 22.0 Å². The van der Waals surface area contributed by atoms with Crippen molar-refractivity contribution in [1.29, 1.82) is 0 Å². The average molecular weight is 516 g/mol. The molecule has 3 aromatic rings. The van der Waals surface area contributed by atoms with Crippen molar-refractivity contribution in [2.75, 3.05) is 18.0 Å². The molecule has 0 spiro atoms. The lowest BCUT2D eigenvalue weighted by Crippen LogP contribution is -2.44. The second kappa shape index (κ2) is 12.3. The molecule has 7 heteroatoms. The molecular formula is C31H37N3O4. The molecular weight excluding hydrogens is 478 g/mol. The Hall–Kier alpha value is -3.61. The maximum atomic E-state index is 12.9. The van der Waals surface area contributed by atoms with Gasteiger partial charge in [-0.2, -0.15) is 0 Å². The molecule has 1 aliphatic carbocycles. The maximum absolute atomic E-state index is 12.9. The number of carbonyl (C=O) groups excluding carboxylic acids is 1. The van der Waals surface area contributed by atoms with E-state index in [9.17, 15) is 14.9 Å². The van der Waals surface area contributed by atoms with E-state index in [1.165, 1.54) is 19.3 Å². The van der Waals surface area contributed by atoms with Gasteiger partial charge in [-0.1, -0.05) is 43.2 Å². The highest BCUT2D eigenvalue weighted by Crippen LogP contribution is 2.34. The number of carbonyl (C=O) groups is 1. The molecule has 1 amide bonds. The summed E-state index contributed by atoms with van der Waals surface area (Å²) in [6.45, 7) is 1.95. The second-order valence-electron chi connectivity index (χ2n) is 10.8. The first-order chi connectivity index (χ1) is 18.5. The van der Waals surface area contributed by atoms with Gasteiger partial charge in [-0.05, 0) is 68.2 Å². The molecule has 0 radical (unpaired) electrons. The van der Waals surface area contributed by atoms with E-state index < -0.39 is 0 Å². The summed E-state index contributed by atoms with van der Waals surface area (Å²) in [5, 5.41) is 14.4. The van der Waals surface area contributed by atoms with Gasteiger partial charge in [0, 0.05) is 55.4 Å². The Morgan fingerprint density at radius 2 is 1.76 bits per heavy atom. The summed E-state index contributed by atoms with van der Waals surface area (Å²) >= 11 is 0. The maximum Gasteiger partial charge on any atom is 0.269 e. The Bertz CT molecular complexity index is 1210. The molecule has 1 saturated carbocycles. The second-order valence-corrected chi connectivity index (χ2v) is 10.8. The summed E-state index contributed by atoms with van der Waals surface area (Å²) in [4.78, 5) is 25.9. The van der Waals surface area contributed by atoms with Crippen molar-refractivity contribution < 1.29 is 14.1 Å². The minimum absolute atomic E-state index is 0.107. The molecule has 2 heterocycles. The van der Waals surface area contributed by atoms with Gasteiger partial charge in [-0.15, -0.1) is 0 Å². The quantitative estimate of drug-likeness (QED) is 0.251. The molecule has 200 valence electrons. The Balaban J connectivity index is 1.12. The van der Waals surface area contributed by atoms with Crippen molar-refractivity contribution in [3.63, 3.8) is 0 Å². The van der Waals surface area contributed by atoms with Crippen LogP contribution in [0.25, 0.3) is 11.3 Å². The highest BCUT2D eigenvalue weighted by Gasteiger charge is 2.31. The number of furan rings is 1. The largest absolute Gasteiger partial charge is 0.461 e. The Labute approximate surface area is 224 Å². The van der Waals surface area contributed by atoms with Gasteiger partial charge in [0.1, 0.15) is 11.5 Å². The molecule has 1 saturated heterocycles. The molecule has 0 unspecified atom stereocenters. The number of nitrogens with zero attached hydrogens (tertiary/aromatic N) is 2. The molecule has 1 N–H and O–H groups in total. The molecule has 2 fully saturated rings. The van der Waals surface area contributed by atoms with Crippen LogP contribution in [-0.4, -0.2) is 30.0 Å². The standard InChI is InChI=1S/C31H37N3O4/c35-31(19-17-28-16-18-30(38-28)24-8-2-1-3-9-24)32-29-11-5-4-10-25(29)21-23-7-6-20-33(22-23)26-12-14-27(15-13-26)34(36)37/h1-3,8-9,12-16,18,23,25,29H,4-7,10-11,17,19-22H2,(H,32,35)/t23-,25+,29-/m1/s1. The van der Waals surface area contributed by atoms with Gasteiger partial charge in [0.15, 0.2) is 0 Å². The van der Waals surface area contributed by atoms with E-state index in [1.807, 2.05) is 54.6 Å². The number of nitro benzene ring substituents is 1. The van der Waals surface area contributed by atoms with E-state index in [0.29, 0.717) is 24.7 Å². The minimum atomic E-state index is -0.350. The molecule has 2 aliphatic rings. The number of hydrogen-bond acceptors (Lipinski definition) is 5. The number of nitrogens with one attached hydrogen (secondary N) is 1. The van der Waals surface area contributed by atoms with Crippen molar-refractivity contribution in [2.24, 2.45) is 11.8 Å². The van der Waals surface area contributed by atoms with Crippen LogP contribution >= 0.6 is 0 Å². The third kappa shape index (κ3) is 6.63. The highest BCUT2D eigenvalue weighted by molar-refractivity contribution is 5.76. The number of piperidine rings is 1. The zero-order chi connectivity index (χ0) is 26.3. The summed E-state index contributed by atoms with van der Waals surface area (Å²) in [5.41, 5.74) is 2.23. The van der Waals surface area contributed by atoms with Crippen LogP contribution in [0.4, 0.5) is 11.4 Å². The van der Waals surface area contributed by atoms with Crippen molar-refractivity contribution in [3.8, 4) is 11.3 Å². The van der Waals surface area contributed by atoms with Crippen LogP contribution < -0.4 is 10.2 Å². The first-order valence-corrected chi connectivity index (χ1v) is 14.0. The summed E-state index contributed by atoms with van der Waals surface area (Å²) in [6, 6.07) is 21.1. The number of benzene rings is 2. The highest BCUT2D eigenvalue weighted by atomic mass is 16.6. The summed E-state index contributed by atoms with van der Waals surface area (Å²) < 4.78 is 5.98. The Morgan fingerprint density at radius 1 is 0.974 bits per heavy atom. The number of aryl methyl sites for hydroxylation is 1. The Morgan fingerprint density at radius 3 is 2.55 bits per heavy atom. The predicted octanol–water partition coefficient (Wildman–Crippen LogP) is 6.77. The van der Waals surface area contributed by atoms with Gasteiger partial charge < -0.3 is 14.6 Å². The molecule has 5 rings (SSSR count). The lowest BCUT2D eigenvalue weighted by molar-refractivity contribution is -0.384. The van der Waals surface area contributed by atoms with Crippen molar-refractivity contribution >= 4 is 17.3 Å². The van der Waals surface area contributed by atoms with Gasteiger partial charge in [0.05, 0.1) is 4.92 Å². The number of anilines is 1. The number of rotatable bonds is 9. The topological polar surface area (TPSA) is 88.6 Å². The number of hydrogen-bond donors (Lipinski definition) is 1. The van der Waals surface area contributed by atoms with E-state index in [-0.39, 0.29) is 22.6 Å². The average Bonchev–Trinajstić information content (AvgIpc) is 3.43. The number of nitro groups is 1. The van der Waals surface area contributed by atoms with Crippen molar-refractivity contribution in [3.05, 3.63) is 82.6 Å². The summed E-state index contributed by atoms with van der Waals surface area (Å²) in [6.07, 6.45) is 9.08. The van der Waals surface area contributed by atoms with Gasteiger partial charge in [0.2, 0.25) is 5.91 Å². The van der Waals surface area contributed by atoms with Crippen LogP contribution in [0.1, 0.15) is 57.1 Å². The van der Waals surface area contributed by atoms with Crippen LogP contribution in [0.2, 0.25) is 0 Å². The van der Waals surface area contributed by atoms with E-state index in [2.05, 4.69) is 10.2 Å². The monoisotopic (exact) mass is 515 g/mol. The van der Waals surface area contributed by atoms with Gasteiger partial charge in [0.25, 0.3) is 5.69 Å². The third-order valence-corrected chi connectivity index (χ3v) is 8.15. The summed E-state index contributed by atoms with van der Waals surface area (Å²) in [5.74, 6) is 2.86. The van der Waals surface area contributed by atoms with E-state index >= 15 is 0 Å². The third-order valence-electron chi connectivity index (χ3n) is 8.15. The fraction of sp³-hybridized carbons (Fsp3) is 0.452. The van der Waals surface area contributed by atoms with Crippen LogP contribution in [-0.2, 0) is 11.2 Å². The number of amides is 1. The number of non-ortho nitro benzene ring substituents is 1. The van der Waals surface area contributed by atoms with Gasteiger partial charge in [-0.3, -0.25) is 14.9 Å². The molecule has 7 nitrogen and oxygen atoms in total.